The highest BCUT2D eigenvalue weighted by Crippen LogP contribution is 2.35. The SMILES string of the molecule is O=C(CN1C(=O)S/C(=C\c2ccc(SCCO)c([N+](=O)[O-])c2)C1=O)Nc1ccc2c(c1)OCCO2. The number of aliphatic hydroxyl groups excluding tert-OH is 1. The van der Waals surface area contributed by atoms with Gasteiger partial charge >= 0.3 is 0 Å². The molecule has 11 nitrogen and oxygen atoms in total. The molecule has 2 heterocycles. The Labute approximate surface area is 207 Å². The van der Waals surface area contributed by atoms with Crippen molar-refractivity contribution in [3.63, 3.8) is 0 Å². The van der Waals surface area contributed by atoms with Crippen LogP contribution in [-0.2, 0) is 9.59 Å². The number of nitrogens with zero attached hydrogens (tertiary/aromatic N) is 2. The summed E-state index contributed by atoms with van der Waals surface area (Å²) in [5, 5.41) is 22.4. The zero-order valence-electron chi connectivity index (χ0n) is 18.1. The van der Waals surface area contributed by atoms with Crippen LogP contribution in [0.2, 0.25) is 0 Å². The molecule has 35 heavy (non-hydrogen) atoms. The van der Waals surface area contributed by atoms with E-state index < -0.39 is 28.5 Å². The summed E-state index contributed by atoms with van der Waals surface area (Å²) in [6.07, 6.45) is 1.37. The zero-order valence-corrected chi connectivity index (χ0v) is 19.7. The van der Waals surface area contributed by atoms with E-state index in [0.717, 1.165) is 16.7 Å². The van der Waals surface area contributed by atoms with Gasteiger partial charge in [0.2, 0.25) is 5.91 Å². The lowest BCUT2D eigenvalue weighted by Gasteiger charge is -2.19. The maximum atomic E-state index is 12.8. The van der Waals surface area contributed by atoms with Crippen molar-refractivity contribution < 1.29 is 33.9 Å². The van der Waals surface area contributed by atoms with Crippen LogP contribution >= 0.6 is 23.5 Å². The molecule has 0 radical (unpaired) electrons. The topological polar surface area (TPSA) is 148 Å². The minimum atomic E-state index is -0.668. The second kappa shape index (κ2) is 10.8. The van der Waals surface area contributed by atoms with Gasteiger partial charge in [0.15, 0.2) is 11.5 Å². The Hall–Kier alpha value is -3.55. The van der Waals surface area contributed by atoms with Crippen LogP contribution in [0.25, 0.3) is 6.08 Å². The summed E-state index contributed by atoms with van der Waals surface area (Å²) < 4.78 is 10.9. The first kappa shape index (κ1) is 24.6. The Morgan fingerprint density at radius 1 is 1.20 bits per heavy atom. The van der Waals surface area contributed by atoms with Gasteiger partial charge in [0.25, 0.3) is 16.8 Å². The number of nitro groups is 1. The summed E-state index contributed by atoms with van der Waals surface area (Å²) in [7, 11) is 0. The Morgan fingerprint density at radius 2 is 1.97 bits per heavy atom. The second-order valence-corrected chi connectivity index (χ2v) is 9.36. The molecule has 2 aliphatic heterocycles. The molecule has 0 aromatic heterocycles. The number of imide groups is 1. The molecule has 0 aliphatic carbocycles. The van der Waals surface area contributed by atoms with Gasteiger partial charge in [-0.15, -0.1) is 11.8 Å². The van der Waals surface area contributed by atoms with E-state index in [0.29, 0.717) is 58.4 Å². The van der Waals surface area contributed by atoms with Crippen molar-refractivity contribution in [2.24, 2.45) is 0 Å². The summed E-state index contributed by atoms with van der Waals surface area (Å²) in [5.74, 6) is 0.0985. The highest BCUT2D eigenvalue weighted by molar-refractivity contribution is 8.18. The van der Waals surface area contributed by atoms with Gasteiger partial charge in [-0.3, -0.25) is 29.4 Å². The van der Waals surface area contributed by atoms with E-state index in [2.05, 4.69) is 5.32 Å². The van der Waals surface area contributed by atoms with Gasteiger partial charge in [-0.05, 0) is 41.6 Å². The zero-order chi connectivity index (χ0) is 24.9. The van der Waals surface area contributed by atoms with E-state index >= 15 is 0 Å². The fourth-order valence-electron chi connectivity index (χ4n) is 3.30. The van der Waals surface area contributed by atoms with Crippen LogP contribution in [0.15, 0.2) is 46.2 Å². The average Bonchev–Trinajstić information content (AvgIpc) is 3.10. The summed E-state index contributed by atoms with van der Waals surface area (Å²) in [6, 6.07) is 9.26. The van der Waals surface area contributed by atoms with E-state index in [-0.39, 0.29) is 17.2 Å². The van der Waals surface area contributed by atoms with Crippen LogP contribution < -0.4 is 14.8 Å². The lowest BCUT2D eigenvalue weighted by molar-refractivity contribution is -0.387. The van der Waals surface area contributed by atoms with Crippen LogP contribution in [0.5, 0.6) is 11.5 Å². The molecular weight excluding hydrogens is 498 g/mol. The minimum Gasteiger partial charge on any atom is -0.486 e. The Morgan fingerprint density at radius 3 is 2.71 bits per heavy atom. The van der Waals surface area contributed by atoms with Crippen LogP contribution in [0.1, 0.15) is 5.56 Å². The molecule has 2 aromatic carbocycles. The summed E-state index contributed by atoms with van der Waals surface area (Å²) in [4.78, 5) is 49.7. The van der Waals surface area contributed by atoms with E-state index in [1.807, 2.05) is 0 Å². The first-order valence-electron chi connectivity index (χ1n) is 10.3. The van der Waals surface area contributed by atoms with Crippen molar-refractivity contribution in [3.8, 4) is 11.5 Å². The highest BCUT2D eigenvalue weighted by atomic mass is 32.2. The number of ether oxygens (including phenoxy) is 2. The number of amides is 3. The molecule has 0 spiro atoms. The molecule has 1 fully saturated rings. The lowest BCUT2D eigenvalue weighted by atomic mass is 10.2. The normalized spacial score (nSPS) is 16.0. The standard InChI is InChI=1S/C22H19N3O8S2/c26-5-8-34-18-4-1-13(9-15(18)25(30)31)10-19-21(28)24(22(29)35-19)12-20(27)23-14-2-3-16-17(11-14)33-7-6-32-16/h1-4,9-11,26H,5-8,12H2,(H,23,27)/b19-10-. The minimum absolute atomic E-state index is 0.0483. The molecular formula is C22H19N3O8S2. The van der Waals surface area contributed by atoms with Crippen molar-refractivity contribution in [1.82, 2.24) is 4.90 Å². The summed E-state index contributed by atoms with van der Waals surface area (Å²) >= 11 is 1.79. The van der Waals surface area contributed by atoms with E-state index in [4.69, 9.17) is 14.6 Å². The fraction of sp³-hybridized carbons (Fsp3) is 0.227. The second-order valence-electron chi connectivity index (χ2n) is 7.23. The maximum absolute atomic E-state index is 12.8. The van der Waals surface area contributed by atoms with E-state index in [1.54, 1.807) is 24.3 Å². The smallest absolute Gasteiger partial charge is 0.294 e. The average molecular weight is 518 g/mol. The number of benzene rings is 2. The molecule has 3 amide bonds. The van der Waals surface area contributed by atoms with Crippen LogP contribution in [0.3, 0.4) is 0 Å². The number of aliphatic hydroxyl groups is 1. The molecule has 182 valence electrons. The van der Waals surface area contributed by atoms with Crippen molar-refractivity contribution in [2.75, 3.05) is 37.4 Å². The molecule has 2 aliphatic rings. The predicted molar refractivity (Wildman–Crippen MR) is 130 cm³/mol. The van der Waals surface area contributed by atoms with Crippen molar-refractivity contribution in [3.05, 3.63) is 57.0 Å². The third-order valence-corrected chi connectivity index (χ3v) is 6.78. The van der Waals surface area contributed by atoms with Gasteiger partial charge < -0.3 is 19.9 Å². The summed E-state index contributed by atoms with van der Waals surface area (Å²) in [5.41, 5.74) is 0.611. The third-order valence-electron chi connectivity index (χ3n) is 4.83. The molecule has 1 saturated heterocycles. The molecule has 0 unspecified atom stereocenters. The largest absolute Gasteiger partial charge is 0.486 e. The maximum Gasteiger partial charge on any atom is 0.294 e. The fourth-order valence-corrected chi connectivity index (χ4v) is 4.89. The van der Waals surface area contributed by atoms with Gasteiger partial charge in [0.1, 0.15) is 19.8 Å². The number of nitrogens with one attached hydrogen (secondary N) is 1. The van der Waals surface area contributed by atoms with Crippen LogP contribution in [0.4, 0.5) is 16.2 Å². The third kappa shape index (κ3) is 5.75. The van der Waals surface area contributed by atoms with E-state index in [1.165, 1.54) is 18.2 Å². The van der Waals surface area contributed by atoms with Crippen molar-refractivity contribution in [2.45, 2.75) is 4.90 Å². The van der Waals surface area contributed by atoms with Gasteiger partial charge in [0, 0.05) is 23.6 Å². The number of hydrogen-bond acceptors (Lipinski definition) is 10. The Balaban J connectivity index is 1.44. The van der Waals surface area contributed by atoms with Crippen molar-refractivity contribution in [1.29, 1.82) is 0 Å². The molecule has 2 aromatic rings. The number of hydrogen-bond donors (Lipinski definition) is 2. The van der Waals surface area contributed by atoms with Gasteiger partial charge in [-0.2, -0.15) is 0 Å². The first-order valence-corrected chi connectivity index (χ1v) is 12.1. The number of nitro benzene ring substituents is 1. The number of carbonyl (C=O) groups excluding carboxylic acids is 3. The Bertz CT molecular complexity index is 1230. The molecule has 0 atom stereocenters. The van der Waals surface area contributed by atoms with E-state index in [9.17, 15) is 24.5 Å². The predicted octanol–water partition coefficient (Wildman–Crippen LogP) is 3.13. The number of carbonyl (C=O) groups is 3. The van der Waals surface area contributed by atoms with Crippen LogP contribution in [0, 0.1) is 10.1 Å². The van der Waals surface area contributed by atoms with Crippen molar-refractivity contribution >= 4 is 58.0 Å². The quantitative estimate of drug-likeness (QED) is 0.231. The number of thioether (sulfide) groups is 2. The van der Waals surface area contributed by atoms with Gasteiger partial charge in [-0.1, -0.05) is 6.07 Å². The lowest BCUT2D eigenvalue weighted by Crippen LogP contribution is -2.36. The van der Waals surface area contributed by atoms with Crippen LogP contribution in [-0.4, -0.2) is 64.1 Å². The molecule has 0 bridgehead atoms. The highest BCUT2D eigenvalue weighted by Gasteiger charge is 2.36. The Kier molecular flexibility index (Phi) is 7.58. The summed E-state index contributed by atoms with van der Waals surface area (Å²) in [6.45, 7) is 0.207. The van der Waals surface area contributed by atoms with Gasteiger partial charge in [0.05, 0.1) is 21.3 Å². The first-order chi connectivity index (χ1) is 16.9. The number of fused-ring (bicyclic) bond motifs is 1. The molecule has 0 saturated carbocycles. The number of anilines is 1. The molecule has 13 heteroatoms. The molecule has 4 rings (SSSR count). The number of rotatable bonds is 8. The van der Waals surface area contributed by atoms with Gasteiger partial charge in [-0.25, -0.2) is 0 Å². The monoisotopic (exact) mass is 517 g/mol. The molecule has 2 N–H and O–H groups in total.